The van der Waals surface area contributed by atoms with E-state index in [0.29, 0.717) is 0 Å². The standard InChI is InChI=1S/C16H25N3O/c1-3-20-16(8-6-4-5-7-9-16)15-18-12(2)13-10-17-11-14(13)19-15/h17H,3-11H2,1-2H3. The Hall–Kier alpha value is -1.00. The molecule has 0 unspecified atom stereocenters. The molecule has 110 valence electrons. The Balaban J connectivity index is 2.00. The summed E-state index contributed by atoms with van der Waals surface area (Å²) in [6.45, 7) is 6.69. The minimum absolute atomic E-state index is 0.242. The summed E-state index contributed by atoms with van der Waals surface area (Å²) in [5.41, 5.74) is 3.34. The van der Waals surface area contributed by atoms with Crippen molar-refractivity contribution in [2.24, 2.45) is 0 Å². The van der Waals surface area contributed by atoms with Crippen molar-refractivity contribution < 1.29 is 4.74 Å². The van der Waals surface area contributed by atoms with Crippen LogP contribution in [0.3, 0.4) is 0 Å². The molecule has 0 aromatic carbocycles. The van der Waals surface area contributed by atoms with Gasteiger partial charge in [0.05, 0.1) is 5.69 Å². The monoisotopic (exact) mass is 275 g/mol. The van der Waals surface area contributed by atoms with Gasteiger partial charge >= 0.3 is 0 Å². The van der Waals surface area contributed by atoms with Crippen molar-refractivity contribution in [2.75, 3.05) is 6.61 Å². The fourth-order valence-corrected chi connectivity index (χ4v) is 3.55. The molecule has 2 heterocycles. The highest BCUT2D eigenvalue weighted by Gasteiger charge is 2.37. The lowest BCUT2D eigenvalue weighted by molar-refractivity contribution is -0.0626. The molecule has 0 saturated heterocycles. The van der Waals surface area contributed by atoms with Crippen molar-refractivity contribution in [3.8, 4) is 0 Å². The molecule has 1 fully saturated rings. The van der Waals surface area contributed by atoms with E-state index in [2.05, 4.69) is 19.2 Å². The van der Waals surface area contributed by atoms with Crippen LogP contribution in [0, 0.1) is 6.92 Å². The maximum atomic E-state index is 6.21. The summed E-state index contributed by atoms with van der Waals surface area (Å²) < 4.78 is 6.21. The van der Waals surface area contributed by atoms with Gasteiger partial charge in [-0.2, -0.15) is 0 Å². The highest BCUT2D eigenvalue weighted by molar-refractivity contribution is 5.29. The molecule has 0 radical (unpaired) electrons. The van der Waals surface area contributed by atoms with Crippen LogP contribution in [0.5, 0.6) is 0 Å². The molecule has 1 saturated carbocycles. The van der Waals surface area contributed by atoms with Crippen LogP contribution in [0.25, 0.3) is 0 Å². The minimum atomic E-state index is -0.242. The normalized spacial score (nSPS) is 21.5. The van der Waals surface area contributed by atoms with Crippen molar-refractivity contribution in [3.05, 3.63) is 22.8 Å². The zero-order valence-corrected chi connectivity index (χ0v) is 12.7. The lowest BCUT2D eigenvalue weighted by Crippen LogP contribution is -2.32. The van der Waals surface area contributed by atoms with Crippen LogP contribution >= 0.6 is 0 Å². The van der Waals surface area contributed by atoms with Gasteiger partial charge in [-0.25, -0.2) is 9.97 Å². The summed E-state index contributed by atoms with van der Waals surface area (Å²) in [5, 5.41) is 3.37. The highest BCUT2D eigenvalue weighted by Crippen LogP contribution is 2.38. The van der Waals surface area contributed by atoms with Gasteiger partial charge in [0.2, 0.25) is 0 Å². The smallest absolute Gasteiger partial charge is 0.160 e. The molecule has 0 atom stereocenters. The number of fused-ring (bicyclic) bond motifs is 1. The average molecular weight is 275 g/mol. The SMILES string of the molecule is CCOC1(c2nc(C)c3c(n2)CNC3)CCCCCC1. The first-order valence-corrected chi connectivity index (χ1v) is 7.97. The molecule has 1 aliphatic heterocycles. The largest absolute Gasteiger partial charge is 0.367 e. The van der Waals surface area contributed by atoms with Crippen molar-refractivity contribution >= 4 is 0 Å². The van der Waals surface area contributed by atoms with Crippen LogP contribution in [0.1, 0.15) is 68.2 Å². The maximum absolute atomic E-state index is 6.21. The van der Waals surface area contributed by atoms with Crippen LogP contribution in [0.15, 0.2) is 0 Å². The van der Waals surface area contributed by atoms with E-state index in [9.17, 15) is 0 Å². The second-order valence-corrected chi connectivity index (χ2v) is 6.00. The fourth-order valence-electron chi connectivity index (χ4n) is 3.55. The van der Waals surface area contributed by atoms with Crippen molar-refractivity contribution in [1.82, 2.24) is 15.3 Å². The number of rotatable bonds is 3. The van der Waals surface area contributed by atoms with Gasteiger partial charge < -0.3 is 10.1 Å². The highest BCUT2D eigenvalue weighted by atomic mass is 16.5. The van der Waals surface area contributed by atoms with Gasteiger partial charge in [-0.15, -0.1) is 0 Å². The lowest BCUT2D eigenvalue weighted by atomic mass is 9.92. The van der Waals surface area contributed by atoms with E-state index in [0.717, 1.165) is 44.1 Å². The minimum Gasteiger partial charge on any atom is -0.367 e. The molecule has 2 aliphatic rings. The van der Waals surface area contributed by atoms with Gasteiger partial charge in [0.25, 0.3) is 0 Å². The predicted molar refractivity (Wildman–Crippen MR) is 78.3 cm³/mol. The topological polar surface area (TPSA) is 47.0 Å². The van der Waals surface area contributed by atoms with E-state index in [4.69, 9.17) is 14.7 Å². The Kier molecular flexibility index (Phi) is 4.03. The second-order valence-electron chi connectivity index (χ2n) is 6.00. The summed E-state index contributed by atoms with van der Waals surface area (Å²) >= 11 is 0. The Morgan fingerprint density at radius 1 is 1.10 bits per heavy atom. The molecule has 4 nitrogen and oxygen atoms in total. The van der Waals surface area contributed by atoms with E-state index in [1.165, 1.54) is 36.9 Å². The Bertz CT molecular complexity index is 479. The summed E-state index contributed by atoms with van der Waals surface area (Å²) in [6.07, 6.45) is 7.18. The molecular formula is C16H25N3O. The van der Waals surface area contributed by atoms with Gasteiger partial charge in [-0.05, 0) is 26.7 Å². The zero-order valence-electron chi connectivity index (χ0n) is 12.7. The lowest BCUT2D eigenvalue weighted by Gasteiger charge is -2.31. The predicted octanol–water partition coefficient (Wildman–Crippen LogP) is 2.97. The van der Waals surface area contributed by atoms with Crippen LogP contribution < -0.4 is 5.32 Å². The van der Waals surface area contributed by atoms with Gasteiger partial charge in [0.15, 0.2) is 5.82 Å². The van der Waals surface area contributed by atoms with Gasteiger partial charge in [0.1, 0.15) is 5.60 Å². The van der Waals surface area contributed by atoms with Gasteiger partial charge in [0, 0.05) is 31.0 Å². The Morgan fingerprint density at radius 2 is 1.85 bits per heavy atom. The summed E-state index contributed by atoms with van der Waals surface area (Å²) in [4.78, 5) is 9.70. The number of nitrogens with zero attached hydrogens (tertiary/aromatic N) is 2. The number of aromatic nitrogens is 2. The number of hydrogen-bond donors (Lipinski definition) is 1. The first kappa shape index (κ1) is 14.0. The molecule has 3 rings (SSSR count). The zero-order chi connectivity index (χ0) is 14.0. The average Bonchev–Trinajstić information content (AvgIpc) is 2.79. The molecule has 4 heteroatoms. The van der Waals surface area contributed by atoms with Gasteiger partial charge in [-0.3, -0.25) is 0 Å². The Morgan fingerprint density at radius 3 is 2.55 bits per heavy atom. The van der Waals surface area contributed by atoms with Crippen LogP contribution in [-0.2, 0) is 23.4 Å². The van der Waals surface area contributed by atoms with E-state index in [1.54, 1.807) is 0 Å². The van der Waals surface area contributed by atoms with Crippen molar-refractivity contribution in [3.63, 3.8) is 0 Å². The van der Waals surface area contributed by atoms with Crippen LogP contribution in [-0.4, -0.2) is 16.6 Å². The first-order chi connectivity index (χ1) is 9.75. The Labute approximate surface area is 121 Å². The first-order valence-electron chi connectivity index (χ1n) is 7.97. The summed E-state index contributed by atoms with van der Waals surface area (Å²) in [5.74, 6) is 0.932. The molecule has 1 aliphatic carbocycles. The number of nitrogens with one attached hydrogen (secondary N) is 1. The van der Waals surface area contributed by atoms with E-state index in [1.807, 2.05) is 0 Å². The third-order valence-corrected chi connectivity index (χ3v) is 4.63. The summed E-state index contributed by atoms with van der Waals surface area (Å²) in [6, 6.07) is 0. The van der Waals surface area contributed by atoms with E-state index < -0.39 is 0 Å². The number of hydrogen-bond acceptors (Lipinski definition) is 4. The van der Waals surface area contributed by atoms with Crippen molar-refractivity contribution in [1.29, 1.82) is 0 Å². The molecule has 0 bridgehead atoms. The molecule has 0 amide bonds. The molecule has 1 aromatic rings. The van der Waals surface area contributed by atoms with Crippen molar-refractivity contribution in [2.45, 2.75) is 71.1 Å². The van der Waals surface area contributed by atoms with Crippen LogP contribution in [0.2, 0.25) is 0 Å². The number of aryl methyl sites for hydroxylation is 1. The molecule has 1 N–H and O–H groups in total. The van der Waals surface area contributed by atoms with Gasteiger partial charge in [-0.1, -0.05) is 25.7 Å². The van der Waals surface area contributed by atoms with E-state index in [-0.39, 0.29) is 5.60 Å². The maximum Gasteiger partial charge on any atom is 0.160 e. The van der Waals surface area contributed by atoms with E-state index >= 15 is 0 Å². The summed E-state index contributed by atoms with van der Waals surface area (Å²) in [7, 11) is 0. The fraction of sp³-hybridized carbons (Fsp3) is 0.750. The third kappa shape index (κ3) is 2.47. The quantitative estimate of drug-likeness (QED) is 0.862. The van der Waals surface area contributed by atoms with Crippen LogP contribution in [0.4, 0.5) is 0 Å². The molecule has 0 spiro atoms. The molecular weight excluding hydrogens is 250 g/mol. The molecule has 20 heavy (non-hydrogen) atoms. The third-order valence-electron chi connectivity index (χ3n) is 4.63. The molecule has 1 aromatic heterocycles. The number of ether oxygens (including phenoxy) is 1. The second kappa shape index (κ2) is 5.78.